The Labute approximate surface area is 105 Å². The normalized spacial score (nSPS) is 32.9. The van der Waals surface area contributed by atoms with Crippen LogP contribution in [0.4, 0.5) is 0 Å². The summed E-state index contributed by atoms with van der Waals surface area (Å²) < 4.78 is 0. The van der Waals surface area contributed by atoms with Gasteiger partial charge in [0.05, 0.1) is 0 Å². The lowest BCUT2D eigenvalue weighted by Crippen LogP contribution is -2.46. The van der Waals surface area contributed by atoms with Gasteiger partial charge in [-0.05, 0) is 55.3 Å². The molecule has 1 heterocycles. The summed E-state index contributed by atoms with van der Waals surface area (Å²) in [5, 5.41) is 0. The Morgan fingerprint density at radius 3 is 2.76 bits per heavy atom. The highest BCUT2D eigenvalue weighted by molar-refractivity contribution is 5.37. The molecule has 3 atom stereocenters. The Morgan fingerprint density at radius 2 is 2.00 bits per heavy atom. The summed E-state index contributed by atoms with van der Waals surface area (Å²) in [5.41, 5.74) is 3.26. The van der Waals surface area contributed by atoms with Crippen LogP contribution >= 0.6 is 0 Å². The van der Waals surface area contributed by atoms with Crippen LogP contribution in [0.2, 0.25) is 0 Å². The van der Waals surface area contributed by atoms with Crippen molar-refractivity contribution < 1.29 is 0 Å². The van der Waals surface area contributed by atoms with Crippen LogP contribution < -0.4 is 0 Å². The molecular weight excluding hydrogens is 206 g/mol. The van der Waals surface area contributed by atoms with E-state index >= 15 is 0 Å². The molecule has 0 amide bonds. The molecule has 1 aliphatic heterocycles. The second-order valence-electron chi connectivity index (χ2n) is 5.71. The van der Waals surface area contributed by atoms with Gasteiger partial charge >= 0.3 is 0 Å². The molecule has 0 N–H and O–H groups in total. The van der Waals surface area contributed by atoms with Gasteiger partial charge < -0.3 is 4.90 Å². The number of piperidine rings is 1. The van der Waals surface area contributed by atoms with E-state index in [0.717, 1.165) is 17.9 Å². The van der Waals surface area contributed by atoms with Crippen molar-refractivity contribution in [2.45, 2.75) is 51.0 Å². The fourth-order valence-corrected chi connectivity index (χ4v) is 3.98. The van der Waals surface area contributed by atoms with Crippen LogP contribution in [-0.2, 0) is 0 Å². The summed E-state index contributed by atoms with van der Waals surface area (Å²) in [6, 6.07) is 9.95. The van der Waals surface area contributed by atoms with Gasteiger partial charge in [-0.3, -0.25) is 0 Å². The smallest absolute Gasteiger partial charge is 0.0170 e. The first kappa shape index (κ1) is 11.3. The van der Waals surface area contributed by atoms with E-state index in [9.17, 15) is 0 Å². The Kier molecular flexibility index (Phi) is 2.96. The average Bonchev–Trinajstić information content (AvgIpc) is 2.39. The van der Waals surface area contributed by atoms with E-state index in [1.165, 1.54) is 32.4 Å². The molecule has 0 unspecified atom stereocenters. The predicted octanol–water partition coefficient (Wildman–Crippen LogP) is 3.76. The summed E-state index contributed by atoms with van der Waals surface area (Å²) in [7, 11) is 0. The fraction of sp³-hybridized carbons (Fsp3) is 0.625. The molecule has 0 aromatic heterocycles. The second-order valence-corrected chi connectivity index (χ2v) is 5.71. The quantitative estimate of drug-likeness (QED) is 0.708. The van der Waals surface area contributed by atoms with E-state index in [1.807, 2.05) is 0 Å². The van der Waals surface area contributed by atoms with Crippen molar-refractivity contribution in [3.63, 3.8) is 0 Å². The first-order valence-electron chi connectivity index (χ1n) is 7.14. The topological polar surface area (TPSA) is 3.24 Å². The summed E-state index contributed by atoms with van der Waals surface area (Å²) in [5.74, 6) is 1.54. The maximum Gasteiger partial charge on any atom is 0.0170 e. The number of hydrogen-bond acceptors (Lipinski definition) is 1. The van der Waals surface area contributed by atoms with Crippen molar-refractivity contribution in [2.24, 2.45) is 0 Å². The fourth-order valence-electron chi connectivity index (χ4n) is 3.98. The zero-order valence-electron chi connectivity index (χ0n) is 11.0. The van der Waals surface area contributed by atoms with Crippen molar-refractivity contribution in [2.75, 3.05) is 13.1 Å². The molecule has 2 aliphatic rings. The monoisotopic (exact) mass is 229 g/mol. The van der Waals surface area contributed by atoms with E-state index in [-0.39, 0.29) is 0 Å². The lowest BCUT2D eigenvalue weighted by atomic mass is 9.70. The zero-order chi connectivity index (χ0) is 11.8. The largest absolute Gasteiger partial charge is 0.300 e. The number of likely N-dealkylation sites (tertiary alicyclic amines) is 1. The third-order valence-corrected chi connectivity index (χ3v) is 4.82. The van der Waals surface area contributed by atoms with Crippen LogP contribution in [0.25, 0.3) is 0 Å². The number of fused-ring (bicyclic) bond motifs is 3. The van der Waals surface area contributed by atoms with E-state index in [2.05, 4.69) is 43.0 Å². The van der Waals surface area contributed by atoms with Crippen molar-refractivity contribution in [3.8, 4) is 0 Å². The molecule has 1 aliphatic carbocycles. The maximum atomic E-state index is 2.71. The van der Waals surface area contributed by atoms with Crippen LogP contribution in [0.1, 0.15) is 56.1 Å². The van der Waals surface area contributed by atoms with Crippen LogP contribution in [0.15, 0.2) is 24.3 Å². The highest BCUT2D eigenvalue weighted by atomic mass is 15.2. The summed E-state index contributed by atoms with van der Waals surface area (Å²) in [6.07, 6.45) is 4.12. The Bertz CT molecular complexity index is 398. The van der Waals surface area contributed by atoms with Gasteiger partial charge in [0.1, 0.15) is 0 Å². The van der Waals surface area contributed by atoms with Gasteiger partial charge in [-0.1, -0.05) is 38.1 Å². The molecule has 0 bridgehead atoms. The van der Waals surface area contributed by atoms with Gasteiger partial charge in [-0.25, -0.2) is 0 Å². The van der Waals surface area contributed by atoms with Crippen LogP contribution in [0.5, 0.6) is 0 Å². The average molecular weight is 229 g/mol. The number of likely N-dealkylation sites (N-methyl/N-ethyl adjacent to an activating group) is 1. The zero-order valence-corrected chi connectivity index (χ0v) is 11.0. The molecule has 1 aromatic rings. The number of rotatable bonds is 1. The van der Waals surface area contributed by atoms with Gasteiger partial charge in [0, 0.05) is 6.04 Å². The molecule has 1 fully saturated rings. The minimum Gasteiger partial charge on any atom is -0.300 e. The first-order valence-corrected chi connectivity index (χ1v) is 7.14. The highest BCUT2D eigenvalue weighted by Crippen LogP contribution is 2.44. The lowest BCUT2D eigenvalue weighted by Gasteiger charge is -2.46. The Hall–Kier alpha value is -0.820. The number of benzene rings is 1. The van der Waals surface area contributed by atoms with E-state index < -0.39 is 0 Å². The van der Waals surface area contributed by atoms with E-state index in [4.69, 9.17) is 0 Å². The third kappa shape index (κ3) is 1.81. The summed E-state index contributed by atoms with van der Waals surface area (Å²) in [4.78, 5) is 2.71. The minimum absolute atomic E-state index is 0.736. The minimum atomic E-state index is 0.736. The van der Waals surface area contributed by atoms with Crippen molar-refractivity contribution >= 4 is 0 Å². The lowest BCUT2D eigenvalue weighted by molar-refractivity contribution is 0.112. The molecule has 1 saturated heterocycles. The highest BCUT2D eigenvalue weighted by Gasteiger charge is 2.37. The van der Waals surface area contributed by atoms with Gasteiger partial charge in [0.15, 0.2) is 0 Å². The molecule has 1 aromatic carbocycles. The van der Waals surface area contributed by atoms with Gasteiger partial charge in [-0.2, -0.15) is 0 Å². The Morgan fingerprint density at radius 1 is 1.24 bits per heavy atom. The molecule has 0 radical (unpaired) electrons. The molecular formula is C16H23N. The molecule has 92 valence electrons. The van der Waals surface area contributed by atoms with Crippen LogP contribution in [0.3, 0.4) is 0 Å². The number of nitrogens with zero attached hydrogens (tertiary/aromatic N) is 1. The summed E-state index contributed by atoms with van der Waals surface area (Å²) >= 11 is 0. The van der Waals surface area contributed by atoms with Gasteiger partial charge in [-0.15, -0.1) is 0 Å². The molecule has 1 heteroatoms. The molecule has 0 spiro atoms. The second kappa shape index (κ2) is 4.45. The van der Waals surface area contributed by atoms with E-state index in [0.29, 0.717) is 0 Å². The van der Waals surface area contributed by atoms with Crippen molar-refractivity contribution in [1.29, 1.82) is 0 Å². The van der Waals surface area contributed by atoms with Gasteiger partial charge in [0.2, 0.25) is 0 Å². The van der Waals surface area contributed by atoms with Crippen LogP contribution in [-0.4, -0.2) is 24.0 Å². The Balaban J connectivity index is 1.99. The first-order chi connectivity index (χ1) is 8.31. The predicted molar refractivity (Wildman–Crippen MR) is 72.5 cm³/mol. The molecule has 1 nitrogen and oxygen atoms in total. The standard InChI is InChI=1S/C16H23N/c1-3-17-10-6-9-15-14-8-5-4-7-13(14)12(2)11-16(15)17/h4-5,7-8,12,15-16H,3,6,9-11H2,1-2H3/t12-,15-,16-/m1/s1. The maximum absolute atomic E-state index is 2.71. The molecule has 0 saturated carbocycles. The SMILES string of the molecule is CCN1CCC[C@@H]2c3ccccc3[C@H](C)C[C@H]21. The van der Waals surface area contributed by atoms with Crippen LogP contribution in [0, 0.1) is 0 Å². The molecule has 3 rings (SSSR count). The third-order valence-electron chi connectivity index (χ3n) is 4.82. The van der Waals surface area contributed by atoms with Crippen molar-refractivity contribution in [3.05, 3.63) is 35.4 Å². The van der Waals surface area contributed by atoms with Crippen molar-refractivity contribution in [1.82, 2.24) is 4.90 Å². The number of hydrogen-bond donors (Lipinski definition) is 0. The molecule has 17 heavy (non-hydrogen) atoms. The summed E-state index contributed by atoms with van der Waals surface area (Å²) in [6.45, 7) is 7.24. The van der Waals surface area contributed by atoms with E-state index in [1.54, 1.807) is 11.1 Å². The van der Waals surface area contributed by atoms with Gasteiger partial charge in [0.25, 0.3) is 0 Å².